The average molecular weight is 500 g/mol. The summed E-state index contributed by atoms with van der Waals surface area (Å²) in [6.07, 6.45) is 3.57. The lowest BCUT2D eigenvalue weighted by atomic mass is 10.1. The monoisotopic (exact) mass is 500 g/mol. The molecule has 5 nitrogen and oxygen atoms in total. The summed E-state index contributed by atoms with van der Waals surface area (Å²) in [5.41, 5.74) is 0.882. The summed E-state index contributed by atoms with van der Waals surface area (Å²) in [6.45, 7) is 12.1. The van der Waals surface area contributed by atoms with Crippen LogP contribution in [-0.4, -0.2) is 41.8 Å². The molecule has 2 rings (SSSR count). The number of halogens is 1. The van der Waals surface area contributed by atoms with Crippen LogP contribution in [0.3, 0.4) is 0 Å². The average Bonchev–Trinajstić information content (AvgIpc) is 2.88. The number of carbonyl (C=O) groups excluding carboxylic acids is 1. The van der Waals surface area contributed by atoms with Crippen molar-refractivity contribution in [1.29, 1.82) is 0 Å². The first-order chi connectivity index (χ1) is 12.8. The van der Waals surface area contributed by atoms with Gasteiger partial charge in [0.05, 0.1) is 15.6 Å². The predicted octanol–water partition coefficient (Wildman–Crippen LogP) is 4.95. The lowest BCUT2D eigenvalue weighted by Crippen LogP contribution is -2.35. The molecule has 1 fully saturated rings. The third-order valence-electron chi connectivity index (χ3n) is 3.62. The minimum absolute atomic E-state index is 0.0182. The molecule has 0 saturated carbocycles. The van der Waals surface area contributed by atoms with E-state index in [-0.39, 0.29) is 18.0 Å². The van der Waals surface area contributed by atoms with Crippen LogP contribution in [0.15, 0.2) is 34.7 Å². The summed E-state index contributed by atoms with van der Waals surface area (Å²) in [5, 5.41) is 0.754. The smallest absolute Gasteiger partial charge is 0.266 e. The number of nitrogens with zero attached hydrogens (tertiary/aromatic N) is 2. The topological polar surface area (TPSA) is 51.1 Å². The Hall–Kier alpha value is -1.48. The molecule has 1 aliphatic rings. The Morgan fingerprint density at radius 1 is 1.33 bits per heavy atom. The van der Waals surface area contributed by atoms with E-state index in [1.807, 2.05) is 45.9 Å². The van der Waals surface area contributed by atoms with E-state index in [0.29, 0.717) is 23.0 Å². The number of rotatable bonds is 7. The van der Waals surface area contributed by atoms with Crippen LogP contribution < -0.4 is 9.47 Å². The molecule has 1 aromatic rings. The molecule has 0 aromatic heterocycles. The van der Waals surface area contributed by atoms with Crippen molar-refractivity contribution in [3.63, 3.8) is 0 Å². The Labute approximate surface area is 179 Å². The van der Waals surface area contributed by atoms with E-state index >= 15 is 0 Å². The third kappa shape index (κ3) is 5.28. The van der Waals surface area contributed by atoms with Crippen molar-refractivity contribution in [2.45, 2.75) is 39.8 Å². The normalized spacial score (nSPS) is 17.5. The van der Waals surface area contributed by atoms with Gasteiger partial charge in [-0.2, -0.15) is 0 Å². The molecule has 1 heterocycles. The van der Waals surface area contributed by atoms with Gasteiger partial charge in [-0.15, -0.1) is 0 Å². The first-order valence-electron chi connectivity index (χ1n) is 8.70. The fourth-order valence-electron chi connectivity index (χ4n) is 2.51. The quantitative estimate of drug-likeness (QED) is 0.302. The lowest BCUT2D eigenvalue weighted by Gasteiger charge is -2.20. The van der Waals surface area contributed by atoms with Crippen LogP contribution in [-0.2, 0) is 4.79 Å². The number of ether oxygens (including phenoxy) is 2. The fourth-order valence-corrected chi connectivity index (χ4v) is 4.52. The van der Waals surface area contributed by atoms with Crippen molar-refractivity contribution in [3.05, 3.63) is 38.8 Å². The Kier molecular flexibility index (Phi) is 7.79. The number of thioether (sulfide) groups is 1. The Balaban J connectivity index is 2.42. The van der Waals surface area contributed by atoms with Crippen LogP contribution in [0, 0.1) is 3.57 Å². The van der Waals surface area contributed by atoms with Crippen LogP contribution >= 0.6 is 34.4 Å². The maximum atomic E-state index is 12.9. The van der Waals surface area contributed by atoms with E-state index in [1.54, 1.807) is 18.1 Å². The zero-order valence-corrected chi connectivity index (χ0v) is 19.3. The second-order valence-electron chi connectivity index (χ2n) is 6.52. The molecule has 0 bridgehead atoms. The summed E-state index contributed by atoms with van der Waals surface area (Å²) < 4.78 is 12.1. The highest BCUT2D eigenvalue weighted by molar-refractivity contribution is 14.1. The molecule has 0 atom stereocenters. The first-order valence-corrected chi connectivity index (χ1v) is 10.6. The molecule has 27 heavy (non-hydrogen) atoms. The second kappa shape index (κ2) is 9.64. The summed E-state index contributed by atoms with van der Waals surface area (Å²) in [5.74, 6) is 1.29. The molecular weight excluding hydrogens is 475 g/mol. The molecule has 7 heteroatoms. The van der Waals surface area contributed by atoms with Gasteiger partial charge in [0.25, 0.3) is 5.91 Å². The lowest BCUT2D eigenvalue weighted by molar-refractivity contribution is -0.123. The minimum atomic E-state index is -0.0182. The zero-order valence-electron chi connectivity index (χ0n) is 16.3. The van der Waals surface area contributed by atoms with Crippen LogP contribution in [0.2, 0.25) is 0 Å². The highest BCUT2D eigenvalue weighted by atomic mass is 127. The van der Waals surface area contributed by atoms with Gasteiger partial charge in [-0.3, -0.25) is 14.7 Å². The Bertz CT molecular complexity index is 788. The zero-order chi connectivity index (χ0) is 20.1. The van der Waals surface area contributed by atoms with Gasteiger partial charge < -0.3 is 9.47 Å². The summed E-state index contributed by atoms with van der Waals surface area (Å²) >= 11 is 3.62. The molecule has 0 radical (unpaired) electrons. The van der Waals surface area contributed by atoms with Crippen LogP contribution in [0.25, 0.3) is 6.08 Å². The van der Waals surface area contributed by atoms with Crippen molar-refractivity contribution >= 4 is 51.5 Å². The number of hydrogen-bond donors (Lipinski definition) is 0. The maximum Gasteiger partial charge on any atom is 0.266 e. The number of hydrogen-bond acceptors (Lipinski definition) is 5. The highest BCUT2D eigenvalue weighted by Gasteiger charge is 2.35. The van der Waals surface area contributed by atoms with Gasteiger partial charge in [0, 0.05) is 12.1 Å². The molecule has 0 N–H and O–H groups in total. The molecule has 1 saturated heterocycles. The Morgan fingerprint density at radius 3 is 2.59 bits per heavy atom. The van der Waals surface area contributed by atoms with Gasteiger partial charge >= 0.3 is 0 Å². The molecule has 146 valence electrons. The molecule has 1 aromatic carbocycles. The van der Waals surface area contributed by atoms with Gasteiger partial charge in [-0.1, -0.05) is 12.7 Å². The SMILES string of the molecule is C=CCOc1c(I)cc(/C=C2\SC(=NC(C)C)N(C(C)C)C2=O)cc1OC. The number of amides is 1. The van der Waals surface area contributed by atoms with Gasteiger partial charge in [-0.25, -0.2) is 0 Å². The molecule has 1 aliphatic heterocycles. The first kappa shape index (κ1) is 21.8. The third-order valence-corrected chi connectivity index (χ3v) is 5.42. The van der Waals surface area contributed by atoms with E-state index in [0.717, 1.165) is 14.3 Å². The Morgan fingerprint density at radius 2 is 2.04 bits per heavy atom. The van der Waals surface area contributed by atoms with Crippen molar-refractivity contribution in [1.82, 2.24) is 4.90 Å². The fraction of sp³-hybridized carbons (Fsp3) is 0.400. The van der Waals surface area contributed by atoms with Crippen molar-refractivity contribution in [2.75, 3.05) is 13.7 Å². The van der Waals surface area contributed by atoms with E-state index < -0.39 is 0 Å². The van der Waals surface area contributed by atoms with Crippen LogP contribution in [0.1, 0.15) is 33.3 Å². The predicted molar refractivity (Wildman–Crippen MR) is 122 cm³/mol. The van der Waals surface area contributed by atoms with Crippen LogP contribution in [0.5, 0.6) is 11.5 Å². The summed E-state index contributed by atoms with van der Waals surface area (Å²) in [7, 11) is 1.60. The van der Waals surface area contributed by atoms with E-state index in [9.17, 15) is 4.79 Å². The van der Waals surface area contributed by atoms with Crippen molar-refractivity contribution in [2.24, 2.45) is 4.99 Å². The molecular formula is C20H25IN2O3S. The van der Waals surface area contributed by atoms with Gasteiger partial charge in [0.2, 0.25) is 0 Å². The van der Waals surface area contributed by atoms with Gasteiger partial charge in [-0.05, 0) is 85.8 Å². The maximum absolute atomic E-state index is 12.9. The van der Waals surface area contributed by atoms with Crippen molar-refractivity contribution < 1.29 is 14.3 Å². The molecule has 1 amide bonds. The van der Waals surface area contributed by atoms with Crippen LogP contribution in [0.4, 0.5) is 0 Å². The number of amidine groups is 1. The highest BCUT2D eigenvalue weighted by Crippen LogP contribution is 2.38. The van der Waals surface area contributed by atoms with E-state index in [1.165, 1.54) is 11.8 Å². The number of methoxy groups -OCH3 is 1. The molecule has 0 unspecified atom stereocenters. The number of benzene rings is 1. The van der Waals surface area contributed by atoms with Gasteiger partial charge in [0.1, 0.15) is 6.61 Å². The molecule has 0 spiro atoms. The second-order valence-corrected chi connectivity index (χ2v) is 8.69. The van der Waals surface area contributed by atoms with E-state index in [2.05, 4.69) is 34.2 Å². The van der Waals surface area contributed by atoms with E-state index in [4.69, 9.17) is 9.47 Å². The molecule has 0 aliphatic carbocycles. The van der Waals surface area contributed by atoms with Gasteiger partial charge in [0.15, 0.2) is 16.7 Å². The number of carbonyl (C=O) groups is 1. The summed E-state index contributed by atoms with van der Waals surface area (Å²) in [6, 6.07) is 4.03. The minimum Gasteiger partial charge on any atom is -0.493 e. The largest absolute Gasteiger partial charge is 0.493 e. The standard InChI is InChI=1S/C20H25IN2O3S/c1-7-8-26-18-15(21)9-14(10-16(18)25-6)11-17-19(24)23(13(4)5)20(27-17)22-12(2)3/h7,9-13H,1,8H2,2-6H3/b17-11-,22-20?. The summed E-state index contributed by atoms with van der Waals surface area (Å²) in [4.78, 5) is 19.9. The number of aliphatic imine (C=N–C) groups is 1. The van der Waals surface area contributed by atoms with Crippen molar-refractivity contribution in [3.8, 4) is 11.5 Å².